The molecule has 0 radical (unpaired) electrons. The monoisotopic (exact) mass is 173 g/mol. The molecule has 0 aromatic rings. The number of hydrogen-bond donors (Lipinski definition) is 2. The summed E-state index contributed by atoms with van der Waals surface area (Å²) in [5.41, 5.74) is 0. The zero-order chi connectivity index (χ0) is 9.40. The SMILES string of the molecule is COCCC(C)N/C=C/C(=O)O. The van der Waals surface area contributed by atoms with Crippen molar-refractivity contribution >= 4 is 5.97 Å². The summed E-state index contributed by atoms with van der Waals surface area (Å²) in [5, 5.41) is 11.2. The molecular formula is C8H15NO3. The number of rotatable bonds is 6. The Balaban J connectivity index is 3.42. The second-order valence-electron chi connectivity index (χ2n) is 2.52. The average Bonchev–Trinajstić information content (AvgIpc) is 2.00. The molecule has 0 fully saturated rings. The summed E-state index contributed by atoms with van der Waals surface area (Å²) in [5.74, 6) is -0.943. The van der Waals surface area contributed by atoms with E-state index >= 15 is 0 Å². The minimum atomic E-state index is -0.943. The molecule has 2 N–H and O–H groups in total. The van der Waals surface area contributed by atoms with Crippen LogP contribution in [0, 0.1) is 0 Å². The van der Waals surface area contributed by atoms with Gasteiger partial charge in [0.25, 0.3) is 0 Å². The third-order valence-electron chi connectivity index (χ3n) is 1.36. The average molecular weight is 173 g/mol. The van der Waals surface area contributed by atoms with Crippen molar-refractivity contribution in [1.29, 1.82) is 0 Å². The van der Waals surface area contributed by atoms with Crippen LogP contribution in [0.1, 0.15) is 13.3 Å². The van der Waals surface area contributed by atoms with Crippen molar-refractivity contribution in [2.24, 2.45) is 0 Å². The van der Waals surface area contributed by atoms with Crippen LogP contribution >= 0.6 is 0 Å². The Hall–Kier alpha value is -1.03. The van der Waals surface area contributed by atoms with Gasteiger partial charge in [-0.1, -0.05) is 0 Å². The molecule has 70 valence electrons. The summed E-state index contributed by atoms with van der Waals surface area (Å²) >= 11 is 0. The fourth-order valence-electron chi connectivity index (χ4n) is 0.662. The van der Waals surface area contributed by atoms with Gasteiger partial charge in [-0.2, -0.15) is 0 Å². The molecule has 0 amide bonds. The van der Waals surface area contributed by atoms with Crippen molar-refractivity contribution < 1.29 is 14.6 Å². The molecule has 0 aliphatic heterocycles. The van der Waals surface area contributed by atoms with Gasteiger partial charge >= 0.3 is 5.97 Å². The van der Waals surface area contributed by atoms with Crippen LogP contribution in [0.4, 0.5) is 0 Å². The zero-order valence-electron chi connectivity index (χ0n) is 7.41. The number of carbonyl (C=O) groups is 1. The standard InChI is InChI=1S/C8H15NO3/c1-7(4-6-12-2)9-5-3-8(10)11/h3,5,7,9H,4,6H2,1-2H3,(H,10,11)/b5-3+. The lowest BCUT2D eigenvalue weighted by atomic mass is 10.2. The predicted molar refractivity (Wildman–Crippen MR) is 45.9 cm³/mol. The lowest BCUT2D eigenvalue weighted by Gasteiger charge is -2.09. The van der Waals surface area contributed by atoms with E-state index < -0.39 is 5.97 Å². The molecule has 0 aliphatic carbocycles. The molecule has 0 aromatic carbocycles. The Morgan fingerprint density at radius 1 is 1.75 bits per heavy atom. The molecule has 0 spiro atoms. The second kappa shape index (κ2) is 6.67. The van der Waals surface area contributed by atoms with Crippen LogP contribution in [0.3, 0.4) is 0 Å². The topological polar surface area (TPSA) is 58.6 Å². The number of hydrogen-bond acceptors (Lipinski definition) is 3. The van der Waals surface area contributed by atoms with E-state index in [4.69, 9.17) is 9.84 Å². The van der Waals surface area contributed by atoms with Gasteiger partial charge in [-0.25, -0.2) is 4.79 Å². The largest absolute Gasteiger partial charge is 0.478 e. The Morgan fingerprint density at radius 3 is 2.92 bits per heavy atom. The van der Waals surface area contributed by atoms with Gasteiger partial charge in [0, 0.05) is 32.0 Å². The van der Waals surface area contributed by atoms with Crippen LogP contribution in [0.5, 0.6) is 0 Å². The third kappa shape index (κ3) is 7.08. The van der Waals surface area contributed by atoms with Gasteiger partial charge in [-0.05, 0) is 13.3 Å². The highest BCUT2D eigenvalue weighted by Crippen LogP contribution is 1.89. The van der Waals surface area contributed by atoms with E-state index in [0.717, 1.165) is 12.5 Å². The summed E-state index contributed by atoms with van der Waals surface area (Å²) in [4.78, 5) is 10.0. The molecule has 0 bridgehead atoms. The van der Waals surface area contributed by atoms with Crippen LogP contribution in [-0.4, -0.2) is 30.8 Å². The molecule has 0 rings (SSSR count). The summed E-state index contributed by atoms with van der Waals surface area (Å²) in [7, 11) is 1.64. The molecule has 0 saturated heterocycles. The van der Waals surface area contributed by atoms with E-state index in [1.165, 1.54) is 6.20 Å². The maximum atomic E-state index is 10.0. The number of carboxylic acids is 1. The van der Waals surface area contributed by atoms with Gasteiger partial charge in [0.2, 0.25) is 0 Å². The molecule has 0 saturated carbocycles. The quantitative estimate of drug-likeness (QED) is 0.577. The van der Waals surface area contributed by atoms with E-state index in [2.05, 4.69) is 5.32 Å². The van der Waals surface area contributed by atoms with Gasteiger partial charge in [0.1, 0.15) is 0 Å². The molecule has 0 aliphatic rings. The molecule has 1 unspecified atom stereocenters. The maximum absolute atomic E-state index is 10.0. The Kier molecular flexibility index (Phi) is 6.09. The summed E-state index contributed by atoms with van der Waals surface area (Å²) in [6, 6.07) is 0.237. The summed E-state index contributed by atoms with van der Waals surface area (Å²) in [6.07, 6.45) is 3.37. The van der Waals surface area contributed by atoms with Crippen LogP contribution < -0.4 is 5.32 Å². The smallest absolute Gasteiger partial charge is 0.329 e. The fraction of sp³-hybridized carbons (Fsp3) is 0.625. The molecular weight excluding hydrogens is 158 g/mol. The van der Waals surface area contributed by atoms with Gasteiger partial charge in [0.05, 0.1) is 0 Å². The van der Waals surface area contributed by atoms with Crippen molar-refractivity contribution in [3.63, 3.8) is 0 Å². The van der Waals surface area contributed by atoms with Crippen molar-refractivity contribution in [2.45, 2.75) is 19.4 Å². The predicted octanol–water partition coefficient (Wildman–Crippen LogP) is 0.599. The molecule has 4 heteroatoms. The molecule has 12 heavy (non-hydrogen) atoms. The number of aliphatic carboxylic acids is 1. The number of nitrogens with one attached hydrogen (secondary N) is 1. The van der Waals surface area contributed by atoms with Crippen LogP contribution in [0.2, 0.25) is 0 Å². The molecule has 0 heterocycles. The first-order valence-corrected chi connectivity index (χ1v) is 3.81. The van der Waals surface area contributed by atoms with Crippen molar-refractivity contribution in [2.75, 3.05) is 13.7 Å². The van der Waals surface area contributed by atoms with E-state index in [9.17, 15) is 4.79 Å². The van der Waals surface area contributed by atoms with Crippen molar-refractivity contribution in [3.05, 3.63) is 12.3 Å². The summed E-state index contributed by atoms with van der Waals surface area (Å²) < 4.78 is 4.86. The number of ether oxygens (including phenoxy) is 1. The van der Waals surface area contributed by atoms with Gasteiger partial charge < -0.3 is 15.2 Å². The Labute approximate surface area is 72.2 Å². The highest BCUT2D eigenvalue weighted by molar-refractivity contribution is 5.79. The summed E-state index contributed by atoms with van der Waals surface area (Å²) in [6.45, 7) is 2.64. The first-order valence-electron chi connectivity index (χ1n) is 3.81. The third-order valence-corrected chi connectivity index (χ3v) is 1.36. The zero-order valence-corrected chi connectivity index (χ0v) is 7.41. The second-order valence-corrected chi connectivity index (χ2v) is 2.52. The van der Waals surface area contributed by atoms with Gasteiger partial charge in [-0.15, -0.1) is 0 Å². The number of methoxy groups -OCH3 is 1. The Bertz CT molecular complexity index is 156. The normalized spacial score (nSPS) is 13.2. The van der Waals surface area contributed by atoms with E-state index in [0.29, 0.717) is 6.61 Å². The first-order chi connectivity index (χ1) is 5.66. The highest BCUT2D eigenvalue weighted by atomic mass is 16.5. The molecule has 1 atom stereocenters. The first kappa shape index (κ1) is 11.0. The Morgan fingerprint density at radius 2 is 2.42 bits per heavy atom. The maximum Gasteiger partial charge on any atom is 0.329 e. The highest BCUT2D eigenvalue weighted by Gasteiger charge is 1.96. The van der Waals surface area contributed by atoms with E-state index in [-0.39, 0.29) is 6.04 Å². The van der Waals surface area contributed by atoms with E-state index in [1.54, 1.807) is 7.11 Å². The van der Waals surface area contributed by atoms with Crippen LogP contribution in [0.15, 0.2) is 12.3 Å². The minimum absolute atomic E-state index is 0.237. The van der Waals surface area contributed by atoms with Crippen molar-refractivity contribution in [1.82, 2.24) is 5.32 Å². The lowest BCUT2D eigenvalue weighted by Crippen LogP contribution is -2.22. The van der Waals surface area contributed by atoms with Gasteiger partial charge in [-0.3, -0.25) is 0 Å². The molecule has 4 nitrogen and oxygen atoms in total. The fourth-order valence-corrected chi connectivity index (χ4v) is 0.662. The van der Waals surface area contributed by atoms with Crippen LogP contribution in [-0.2, 0) is 9.53 Å². The van der Waals surface area contributed by atoms with Crippen molar-refractivity contribution in [3.8, 4) is 0 Å². The molecule has 0 aromatic heterocycles. The van der Waals surface area contributed by atoms with Gasteiger partial charge in [0.15, 0.2) is 0 Å². The lowest BCUT2D eigenvalue weighted by molar-refractivity contribution is -0.131. The van der Waals surface area contributed by atoms with Crippen LogP contribution in [0.25, 0.3) is 0 Å². The minimum Gasteiger partial charge on any atom is -0.478 e. The van der Waals surface area contributed by atoms with E-state index in [1.807, 2.05) is 6.92 Å². The number of carboxylic acid groups (broad SMARTS) is 1.